The Labute approximate surface area is 227 Å². The molecule has 1 rings (SSSR count). The molecule has 37 heavy (non-hydrogen) atoms. The number of hydrogen-bond acceptors (Lipinski definition) is 7. The van der Waals surface area contributed by atoms with Gasteiger partial charge >= 0.3 is 5.97 Å². The van der Waals surface area contributed by atoms with Gasteiger partial charge in [0, 0.05) is 26.4 Å². The highest BCUT2D eigenvalue weighted by Crippen LogP contribution is 2.38. The van der Waals surface area contributed by atoms with Crippen molar-refractivity contribution in [2.75, 3.05) is 53.1 Å². The van der Waals surface area contributed by atoms with Gasteiger partial charge in [-0.15, -0.1) is 0 Å². The summed E-state index contributed by atoms with van der Waals surface area (Å²) < 4.78 is 33.8. The molecule has 1 aliphatic heterocycles. The summed E-state index contributed by atoms with van der Waals surface area (Å²) in [4.78, 5) is 23.5. The van der Waals surface area contributed by atoms with Gasteiger partial charge in [0.05, 0.1) is 33.4 Å². The van der Waals surface area contributed by atoms with Crippen LogP contribution in [0.3, 0.4) is 0 Å². The minimum atomic E-state index is -4.46. The van der Waals surface area contributed by atoms with Crippen LogP contribution < -0.4 is 4.89 Å². The first-order valence-electron chi connectivity index (χ1n) is 14.9. The lowest BCUT2D eigenvalue weighted by molar-refractivity contribution is -0.897. The Balaban J connectivity index is 2.04. The number of unbranched alkanes of at least 4 members (excludes halogenated alkanes) is 13. The second-order valence-corrected chi connectivity index (χ2v) is 12.4. The standard InChI is InChI=1S/C28H56NO7P/c1-4-5-6-7-8-9-10-11-12-13-14-15-16-19-23-33-25-28(36-27(2)30)26-35-37(31,32)34-24-22-29(3)20-17-18-21-29/h28H,4-26H2,1-3H3. The predicted molar refractivity (Wildman–Crippen MR) is 146 cm³/mol. The molecular weight excluding hydrogens is 493 g/mol. The van der Waals surface area contributed by atoms with Crippen LogP contribution in [0.4, 0.5) is 0 Å². The second kappa shape index (κ2) is 21.3. The van der Waals surface area contributed by atoms with Crippen molar-refractivity contribution >= 4 is 13.8 Å². The van der Waals surface area contributed by atoms with E-state index in [4.69, 9.17) is 18.5 Å². The minimum absolute atomic E-state index is 0.0884. The van der Waals surface area contributed by atoms with Crippen molar-refractivity contribution in [1.29, 1.82) is 0 Å². The molecule has 9 heteroatoms. The zero-order valence-corrected chi connectivity index (χ0v) is 25.0. The van der Waals surface area contributed by atoms with E-state index in [-0.39, 0.29) is 19.8 Å². The molecule has 1 saturated heterocycles. The maximum atomic E-state index is 12.1. The molecule has 0 aromatic carbocycles. The number of carbonyl (C=O) groups is 1. The lowest BCUT2D eigenvalue weighted by atomic mass is 10.0. The van der Waals surface area contributed by atoms with Gasteiger partial charge in [0.15, 0.2) is 0 Å². The quantitative estimate of drug-likeness (QED) is 0.0583. The van der Waals surface area contributed by atoms with Crippen molar-refractivity contribution in [3.8, 4) is 0 Å². The maximum absolute atomic E-state index is 12.1. The molecule has 0 N–H and O–H groups in total. The van der Waals surface area contributed by atoms with Gasteiger partial charge in [0.25, 0.3) is 7.82 Å². The summed E-state index contributed by atoms with van der Waals surface area (Å²) in [5.74, 6) is -0.498. The number of quaternary nitrogens is 1. The molecule has 1 fully saturated rings. The van der Waals surface area contributed by atoms with Crippen LogP contribution in [0.2, 0.25) is 0 Å². The summed E-state index contributed by atoms with van der Waals surface area (Å²) in [5.41, 5.74) is 0. The SMILES string of the molecule is CCCCCCCCCCCCCCCCOCC(COP(=O)([O-])OCC[N+]1(C)CCCC1)OC(C)=O. The number of likely N-dealkylation sites (N-methyl/N-ethyl adjacent to an activating group) is 1. The molecule has 0 aromatic rings. The lowest BCUT2D eigenvalue weighted by Crippen LogP contribution is -2.43. The van der Waals surface area contributed by atoms with Crippen molar-refractivity contribution in [2.24, 2.45) is 0 Å². The van der Waals surface area contributed by atoms with Crippen molar-refractivity contribution in [3.63, 3.8) is 0 Å². The highest BCUT2D eigenvalue weighted by atomic mass is 31.2. The molecule has 0 aliphatic carbocycles. The van der Waals surface area contributed by atoms with E-state index in [9.17, 15) is 14.3 Å². The van der Waals surface area contributed by atoms with E-state index >= 15 is 0 Å². The average molecular weight is 550 g/mol. The predicted octanol–water partition coefficient (Wildman–Crippen LogP) is 6.16. The van der Waals surface area contributed by atoms with Crippen LogP contribution in [-0.4, -0.2) is 69.7 Å². The number of esters is 1. The molecule has 0 aromatic heterocycles. The van der Waals surface area contributed by atoms with E-state index < -0.39 is 19.9 Å². The van der Waals surface area contributed by atoms with Gasteiger partial charge in [-0.1, -0.05) is 90.4 Å². The summed E-state index contributed by atoms with van der Waals surface area (Å²) >= 11 is 0. The Morgan fingerprint density at radius 1 is 0.811 bits per heavy atom. The van der Waals surface area contributed by atoms with Crippen LogP contribution in [0.1, 0.15) is 117 Å². The van der Waals surface area contributed by atoms with Gasteiger partial charge in [0.2, 0.25) is 0 Å². The van der Waals surface area contributed by atoms with E-state index in [0.717, 1.165) is 43.3 Å². The monoisotopic (exact) mass is 549 g/mol. The van der Waals surface area contributed by atoms with Crippen molar-refractivity contribution < 1.29 is 37.3 Å². The van der Waals surface area contributed by atoms with Crippen molar-refractivity contribution in [2.45, 2.75) is 123 Å². The number of phosphoric acid groups is 1. The summed E-state index contributed by atoms with van der Waals surface area (Å²) in [7, 11) is -2.35. The van der Waals surface area contributed by atoms with E-state index in [0.29, 0.717) is 13.2 Å². The zero-order valence-electron chi connectivity index (χ0n) is 24.1. The molecule has 1 heterocycles. The van der Waals surface area contributed by atoms with Crippen molar-refractivity contribution in [1.82, 2.24) is 0 Å². The first kappa shape index (κ1) is 34.5. The number of carbonyl (C=O) groups excluding carboxylic acids is 1. The fraction of sp³-hybridized carbons (Fsp3) is 0.964. The molecule has 0 saturated carbocycles. The van der Waals surface area contributed by atoms with Gasteiger partial charge in [-0.25, -0.2) is 0 Å². The normalized spacial score (nSPS) is 17.5. The molecule has 2 atom stereocenters. The molecular formula is C28H56NO7P. The number of rotatable bonds is 25. The number of likely N-dealkylation sites (tertiary alicyclic amines) is 1. The molecule has 1 aliphatic rings. The average Bonchev–Trinajstić information content (AvgIpc) is 3.28. The molecule has 2 unspecified atom stereocenters. The number of phosphoric ester groups is 1. The van der Waals surface area contributed by atoms with Crippen molar-refractivity contribution in [3.05, 3.63) is 0 Å². The Morgan fingerprint density at radius 3 is 1.84 bits per heavy atom. The van der Waals surface area contributed by atoms with Crippen LogP contribution in [0.15, 0.2) is 0 Å². The second-order valence-electron chi connectivity index (χ2n) is 11.0. The maximum Gasteiger partial charge on any atom is 0.303 e. The molecule has 220 valence electrons. The molecule has 0 radical (unpaired) electrons. The molecule has 0 spiro atoms. The van der Waals surface area contributed by atoms with Crippen LogP contribution in [0.5, 0.6) is 0 Å². The first-order chi connectivity index (χ1) is 17.8. The van der Waals surface area contributed by atoms with E-state index in [1.165, 1.54) is 84.0 Å². The number of ether oxygens (including phenoxy) is 2. The Morgan fingerprint density at radius 2 is 1.32 bits per heavy atom. The highest BCUT2D eigenvalue weighted by molar-refractivity contribution is 7.45. The van der Waals surface area contributed by atoms with Crippen LogP contribution in [0, 0.1) is 0 Å². The Hall–Kier alpha value is -0.500. The zero-order chi connectivity index (χ0) is 27.2. The Bertz CT molecular complexity index is 613. The van der Waals surface area contributed by atoms with Gasteiger partial charge in [0.1, 0.15) is 19.3 Å². The van der Waals surface area contributed by atoms with Crippen LogP contribution in [-0.2, 0) is 27.9 Å². The number of hydrogen-bond donors (Lipinski definition) is 0. The molecule has 0 amide bonds. The fourth-order valence-electron chi connectivity index (χ4n) is 4.87. The van der Waals surface area contributed by atoms with Crippen LogP contribution >= 0.6 is 7.82 Å². The van der Waals surface area contributed by atoms with E-state index in [2.05, 4.69) is 14.0 Å². The molecule has 8 nitrogen and oxygen atoms in total. The van der Waals surface area contributed by atoms with Gasteiger partial charge in [-0.3, -0.25) is 9.36 Å². The third-order valence-electron chi connectivity index (χ3n) is 7.22. The largest absolute Gasteiger partial charge is 0.756 e. The minimum Gasteiger partial charge on any atom is -0.756 e. The lowest BCUT2D eigenvalue weighted by Gasteiger charge is -2.31. The summed E-state index contributed by atoms with van der Waals surface area (Å²) in [5, 5.41) is 0. The topological polar surface area (TPSA) is 94.1 Å². The third-order valence-corrected chi connectivity index (χ3v) is 8.19. The summed E-state index contributed by atoms with van der Waals surface area (Å²) in [6.45, 7) is 6.70. The Kier molecular flexibility index (Phi) is 19.9. The van der Waals surface area contributed by atoms with E-state index in [1.54, 1.807) is 0 Å². The smallest absolute Gasteiger partial charge is 0.303 e. The van der Waals surface area contributed by atoms with Gasteiger partial charge in [-0.05, 0) is 6.42 Å². The first-order valence-corrected chi connectivity index (χ1v) is 16.4. The highest BCUT2D eigenvalue weighted by Gasteiger charge is 2.27. The van der Waals surface area contributed by atoms with Crippen LogP contribution in [0.25, 0.3) is 0 Å². The van der Waals surface area contributed by atoms with Gasteiger partial charge in [-0.2, -0.15) is 0 Å². The summed E-state index contributed by atoms with van der Waals surface area (Å²) in [6.07, 6.45) is 19.7. The molecule has 0 bridgehead atoms. The number of nitrogens with zero attached hydrogens (tertiary/aromatic N) is 1. The third kappa shape index (κ3) is 20.1. The van der Waals surface area contributed by atoms with E-state index in [1.807, 2.05) is 0 Å². The summed E-state index contributed by atoms with van der Waals surface area (Å²) in [6, 6.07) is 0. The van der Waals surface area contributed by atoms with Gasteiger partial charge < -0.3 is 27.9 Å². The fourth-order valence-corrected chi connectivity index (χ4v) is 5.60.